The molecule has 1 rings (SSSR count). The van der Waals surface area contributed by atoms with Gasteiger partial charge in [0.15, 0.2) is 0 Å². The van der Waals surface area contributed by atoms with Crippen LogP contribution in [0.3, 0.4) is 0 Å². The molecule has 0 spiro atoms. The minimum absolute atomic E-state index is 0.243. The number of ether oxygens (including phenoxy) is 1. The molecule has 0 aromatic heterocycles. The molecule has 0 atom stereocenters. The average Bonchev–Trinajstić information content (AvgIpc) is 1.95. The summed E-state index contributed by atoms with van der Waals surface area (Å²) in [5.41, 5.74) is 2.85. The molecule has 1 aliphatic carbocycles. The predicted molar refractivity (Wildman–Crippen MR) is 63.0 cm³/mol. The highest BCUT2D eigenvalue weighted by Crippen LogP contribution is 2.20. The molecule has 5 heteroatoms. The Bertz CT molecular complexity index is 242. The number of carbonyl (C=O) groups is 1. The Morgan fingerprint density at radius 3 is 2.25 bits per heavy atom. The molecule has 0 aromatic carbocycles. The Kier molecular flexibility index (Phi) is 4.15. The van der Waals surface area contributed by atoms with E-state index in [1.54, 1.807) is 0 Å². The number of hydrogen-bond donors (Lipinski definition) is 2. The van der Waals surface area contributed by atoms with Crippen LogP contribution in [0.15, 0.2) is 0 Å². The second-order valence-electron chi connectivity index (χ2n) is 5.54. The zero-order valence-corrected chi connectivity index (χ0v) is 10.8. The lowest BCUT2D eigenvalue weighted by atomic mass is 9.87. The summed E-state index contributed by atoms with van der Waals surface area (Å²) in [5, 5.41) is 4.80. The van der Waals surface area contributed by atoms with Gasteiger partial charge in [-0.05, 0) is 33.6 Å². The zero-order valence-electron chi connectivity index (χ0n) is 10.8. The first kappa shape index (κ1) is 13.3. The van der Waals surface area contributed by atoms with E-state index in [2.05, 4.69) is 10.7 Å². The molecule has 0 aromatic rings. The van der Waals surface area contributed by atoms with Gasteiger partial charge >= 0.3 is 6.09 Å². The molecule has 0 heterocycles. The predicted octanol–water partition coefficient (Wildman–Crippen LogP) is 1.11. The fraction of sp³-hybridized carbons (Fsp3) is 0.909. The summed E-state index contributed by atoms with van der Waals surface area (Å²) in [6, 6.07) is 0.710. The van der Waals surface area contributed by atoms with Gasteiger partial charge in [0.2, 0.25) is 0 Å². The lowest BCUT2D eigenvalue weighted by Gasteiger charge is -2.38. The van der Waals surface area contributed by atoms with Gasteiger partial charge in [0.05, 0.1) is 0 Å². The van der Waals surface area contributed by atoms with Crippen molar-refractivity contribution in [1.29, 1.82) is 0 Å². The third-order valence-corrected chi connectivity index (χ3v) is 2.30. The average molecular weight is 229 g/mol. The molecule has 16 heavy (non-hydrogen) atoms. The van der Waals surface area contributed by atoms with Crippen molar-refractivity contribution in [2.24, 2.45) is 0 Å². The number of amides is 1. The Labute approximate surface area is 97.5 Å². The third kappa shape index (κ3) is 4.81. The standard InChI is InChI=1S/C11H23N3O2/c1-11(2,3)16-10(15)12-8-6-9(7-8)13-14(4)5/h8-9,13H,6-7H2,1-5H3,(H,12,15). The molecule has 1 fully saturated rings. The van der Waals surface area contributed by atoms with Crippen LogP contribution in [0.4, 0.5) is 4.79 Å². The van der Waals surface area contributed by atoms with Crippen LogP contribution in [0, 0.1) is 0 Å². The van der Waals surface area contributed by atoms with Gasteiger partial charge in [0.25, 0.3) is 0 Å². The van der Waals surface area contributed by atoms with Gasteiger partial charge in [-0.15, -0.1) is 0 Å². The minimum Gasteiger partial charge on any atom is -0.444 e. The number of rotatable bonds is 3. The first-order chi connectivity index (χ1) is 7.26. The monoisotopic (exact) mass is 229 g/mol. The lowest BCUT2D eigenvalue weighted by molar-refractivity contribution is 0.0445. The highest BCUT2D eigenvalue weighted by molar-refractivity contribution is 5.68. The second kappa shape index (κ2) is 5.01. The summed E-state index contributed by atoms with van der Waals surface area (Å²) in [4.78, 5) is 11.4. The zero-order chi connectivity index (χ0) is 12.3. The largest absolute Gasteiger partial charge is 0.444 e. The number of hydrazine groups is 1. The van der Waals surface area contributed by atoms with E-state index < -0.39 is 5.60 Å². The van der Waals surface area contributed by atoms with Crippen molar-refractivity contribution in [1.82, 2.24) is 15.8 Å². The Morgan fingerprint density at radius 2 is 1.81 bits per heavy atom. The summed E-state index contributed by atoms with van der Waals surface area (Å²) < 4.78 is 5.18. The quantitative estimate of drug-likeness (QED) is 0.712. The van der Waals surface area contributed by atoms with Crippen molar-refractivity contribution in [2.75, 3.05) is 14.1 Å². The molecule has 1 amide bonds. The van der Waals surface area contributed by atoms with E-state index in [0.717, 1.165) is 12.8 Å². The van der Waals surface area contributed by atoms with Crippen LogP contribution >= 0.6 is 0 Å². The SMILES string of the molecule is CN(C)NC1CC(NC(=O)OC(C)(C)C)C1. The summed E-state index contributed by atoms with van der Waals surface area (Å²) in [6.07, 6.45) is 1.59. The number of carbonyl (C=O) groups excluding carboxylic acids is 1. The Balaban J connectivity index is 2.15. The summed E-state index contributed by atoms with van der Waals surface area (Å²) in [6.45, 7) is 5.59. The van der Waals surface area contributed by atoms with E-state index >= 15 is 0 Å². The maximum atomic E-state index is 11.4. The van der Waals surface area contributed by atoms with Gasteiger partial charge < -0.3 is 10.1 Å². The topological polar surface area (TPSA) is 53.6 Å². The number of nitrogens with zero attached hydrogens (tertiary/aromatic N) is 1. The summed E-state index contributed by atoms with van der Waals surface area (Å²) in [5.74, 6) is 0. The molecule has 2 N–H and O–H groups in total. The van der Waals surface area contributed by atoms with Gasteiger partial charge in [-0.2, -0.15) is 0 Å². The van der Waals surface area contributed by atoms with Gasteiger partial charge in [-0.1, -0.05) is 0 Å². The van der Waals surface area contributed by atoms with Crippen LogP contribution in [0.2, 0.25) is 0 Å². The van der Waals surface area contributed by atoms with Crippen molar-refractivity contribution in [3.8, 4) is 0 Å². The second-order valence-corrected chi connectivity index (χ2v) is 5.54. The molecule has 0 radical (unpaired) electrons. The molecule has 0 aliphatic heterocycles. The molecular formula is C11H23N3O2. The van der Waals surface area contributed by atoms with Gasteiger partial charge in [-0.25, -0.2) is 4.79 Å². The molecule has 0 saturated heterocycles. The highest BCUT2D eigenvalue weighted by atomic mass is 16.6. The van der Waals surface area contributed by atoms with E-state index in [-0.39, 0.29) is 12.1 Å². The van der Waals surface area contributed by atoms with E-state index in [1.807, 2.05) is 39.9 Å². The number of hydrogen-bond acceptors (Lipinski definition) is 4. The van der Waals surface area contributed by atoms with E-state index in [0.29, 0.717) is 6.04 Å². The third-order valence-electron chi connectivity index (χ3n) is 2.30. The van der Waals surface area contributed by atoms with Gasteiger partial charge in [0.1, 0.15) is 5.60 Å². The summed E-state index contributed by atoms with van der Waals surface area (Å²) >= 11 is 0. The first-order valence-electron chi connectivity index (χ1n) is 5.69. The first-order valence-corrected chi connectivity index (χ1v) is 5.69. The number of nitrogens with one attached hydrogen (secondary N) is 2. The molecule has 1 aliphatic rings. The molecule has 0 unspecified atom stereocenters. The van der Waals surface area contributed by atoms with E-state index in [1.165, 1.54) is 0 Å². The number of alkyl carbamates (subject to hydrolysis) is 1. The molecule has 5 nitrogen and oxygen atoms in total. The van der Waals surface area contributed by atoms with Crippen molar-refractivity contribution < 1.29 is 9.53 Å². The smallest absolute Gasteiger partial charge is 0.407 e. The van der Waals surface area contributed by atoms with Crippen LogP contribution in [0.1, 0.15) is 33.6 Å². The Morgan fingerprint density at radius 1 is 1.25 bits per heavy atom. The van der Waals surface area contributed by atoms with Crippen LogP contribution in [-0.2, 0) is 4.74 Å². The lowest BCUT2D eigenvalue weighted by Crippen LogP contribution is -2.55. The van der Waals surface area contributed by atoms with Crippen LogP contribution in [-0.4, -0.2) is 42.9 Å². The van der Waals surface area contributed by atoms with Crippen LogP contribution in [0.5, 0.6) is 0 Å². The normalized spacial score (nSPS) is 25.1. The fourth-order valence-corrected chi connectivity index (χ4v) is 1.68. The van der Waals surface area contributed by atoms with Gasteiger partial charge in [0, 0.05) is 26.2 Å². The van der Waals surface area contributed by atoms with Crippen molar-refractivity contribution in [2.45, 2.75) is 51.3 Å². The van der Waals surface area contributed by atoms with E-state index in [9.17, 15) is 4.79 Å². The molecule has 94 valence electrons. The maximum absolute atomic E-state index is 11.4. The van der Waals surface area contributed by atoms with Crippen LogP contribution in [0.25, 0.3) is 0 Å². The minimum atomic E-state index is -0.422. The fourth-order valence-electron chi connectivity index (χ4n) is 1.68. The Hall–Kier alpha value is -0.810. The van der Waals surface area contributed by atoms with Crippen molar-refractivity contribution in [3.63, 3.8) is 0 Å². The van der Waals surface area contributed by atoms with Gasteiger partial charge in [-0.3, -0.25) is 10.4 Å². The summed E-state index contributed by atoms with van der Waals surface area (Å²) in [7, 11) is 3.93. The highest BCUT2D eigenvalue weighted by Gasteiger charge is 2.31. The maximum Gasteiger partial charge on any atom is 0.407 e. The van der Waals surface area contributed by atoms with Crippen molar-refractivity contribution >= 4 is 6.09 Å². The molecular weight excluding hydrogens is 206 g/mol. The molecule has 0 bridgehead atoms. The van der Waals surface area contributed by atoms with Crippen molar-refractivity contribution in [3.05, 3.63) is 0 Å². The molecule has 1 saturated carbocycles. The van der Waals surface area contributed by atoms with E-state index in [4.69, 9.17) is 4.74 Å². The van der Waals surface area contributed by atoms with Crippen LogP contribution < -0.4 is 10.7 Å².